The third-order valence-corrected chi connectivity index (χ3v) is 3.90. The second-order valence-corrected chi connectivity index (χ2v) is 5.63. The molecule has 1 fully saturated rings. The molecule has 1 aliphatic carbocycles. The fourth-order valence-corrected chi connectivity index (χ4v) is 2.77. The Morgan fingerprint density at radius 2 is 1.95 bits per heavy atom. The number of rotatable bonds is 8. The number of amides is 1. The largest absolute Gasteiger partial charge is 0.383 e. The molecule has 0 radical (unpaired) electrons. The Hall–Kier alpha value is -0.650. The molecule has 1 aliphatic rings. The molecule has 0 heterocycles. The van der Waals surface area contributed by atoms with Crippen LogP contribution in [0.25, 0.3) is 0 Å². The van der Waals surface area contributed by atoms with Gasteiger partial charge in [-0.15, -0.1) is 0 Å². The van der Waals surface area contributed by atoms with Gasteiger partial charge in [-0.1, -0.05) is 12.8 Å². The molecule has 0 aromatic rings. The topological polar surface area (TPSA) is 64.8 Å². The monoisotopic (exact) mass is 272 g/mol. The maximum atomic E-state index is 12.5. The number of carbonyl (C=O) groups is 1. The molecular weight excluding hydrogens is 244 g/mol. The van der Waals surface area contributed by atoms with E-state index < -0.39 is 0 Å². The minimum absolute atomic E-state index is 0.0534. The SMILES string of the molecule is COCCN(C(=O)CC1(N)CCCC1)C(C)COC. The normalized spacial score (nSPS) is 19.4. The summed E-state index contributed by atoms with van der Waals surface area (Å²) in [5.41, 5.74) is 5.99. The van der Waals surface area contributed by atoms with E-state index in [4.69, 9.17) is 15.2 Å². The number of hydrogen-bond donors (Lipinski definition) is 1. The molecule has 0 bridgehead atoms. The van der Waals surface area contributed by atoms with E-state index in [1.165, 1.54) is 0 Å². The Morgan fingerprint density at radius 3 is 2.47 bits per heavy atom. The number of nitrogens with zero attached hydrogens (tertiary/aromatic N) is 1. The minimum Gasteiger partial charge on any atom is -0.383 e. The summed E-state index contributed by atoms with van der Waals surface area (Å²) < 4.78 is 10.2. The summed E-state index contributed by atoms with van der Waals surface area (Å²) in [4.78, 5) is 14.3. The van der Waals surface area contributed by atoms with Crippen LogP contribution in [0.1, 0.15) is 39.0 Å². The molecule has 0 aromatic heterocycles. The smallest absolute Gasteiger partial charge is 0.224 e. The van der Waals surface area contributed by atoms with Gasteiger partial charge in [0.05, 0.1) is 19.3 Å². The number of methoxy groups -OCH3 is 2. The van der Waals surface area contributed by atoms with Gasteiger partial charge in [0.2, 0.25) is 5.91 Å². The molecule has 1 rings (SSSR count). The van der Waals surface area contributed by atoms with E-state index in [0.717, 1.165) is 25.7 Å². The summed E-state index contributed by atoms with van der Waals surface area (Å²) in [6.07, 6.45) is 4.61. The average molecular weight is 272 g/mol. The van der Waals surface area contributed by atoms with Gasteiger partial charge < -0.3 is 20.1 Å². The van der Waals surface area contributed by atoms with Gasteiger partial charge in [-0.05, 0) is 19.8 Å². The fraction of sp³-hybridized carbons (Fsp3) is 0.929. The second kappa shape index (κ2) is 7.82. The average Bonchev–Trinajstić information content (AvgIpc) is 2.76. The predicted molar refractivity (Wildman–Crippen MR) is 74.9 cm³/mol. The summed E-state index contributed by atoms with van der Waals surface area (Å²) >= 11 is 0. The molecule has 19 heavy (non-hydrogen) atoms. The van der Waals surface area contributed by atoms with Crippen LogP contribution in [0, 0.1) is 0 Å². The van der Waals surface area contributed by atoms with Crippen molar-refractivity contribution < 1.29 is 14.3 Å². The van der Waals surface area contributed by atoms with Gasteiger partial charge in [0.1, 0.15) is 0 Å². The molecule has 112 valence electrons. The third-order valence-electron chi connectivity index (χ3n) is 3.90. The maximum absolute atomic E-state index is 12.5. The second-order valence-electron chi connectivity index (χ2n) is 5.63. The zero-order valence-electron chi connectivity index (χ0n) is 12.5. The summed E-state index contributed by atoms with van der Waals surface area (Å²) in [5.74, 6) is 0.117. The van der Waals surface area contributed by atoms with Crippen molar-refractivity contribution in [3.8, 4) is 0 Å². The number of ether oxygens (including phenoxy) is 2. The van der Waals surface area contributed by atoms with Crippen molar-refractivity contribution >= 4 is 5.91 Å². The molecule has 0 aromatic carbocycles. The van der Waals surface area contributed by atoms with E-state index in [9.17, 15) is 4.79 Å². The van der Waals surface area contributed by atoms with Crippen LogP contribution in [0.5, 0.6) is 0 Å². The van der Waals surface area contributed by atoms with Crippen molar-refractivity contribution in [1.82, 2.24) is 4.90 Å². The Bertz CT molecular complexity index is 278. The molecule has 5 heteroatoms. The van der Waals surface area contributed by atoms with Gasteiger partial charge in [0.25, 0.3) is 0 Å². The van der Waals surface area contributed by atoms with Crippen molar-refractivity contribution in [2.75, 3.05) is 34.0 Å². The van der Waals surface area contributed by atoms with Crippen molar-refractivity contribution in [2.24, 2.45) is 5.73 Å². The van der Waals surface area contributed by atoms with Crippen LogP contribution in [0.2, 0.25) is 0 Å². The van der Waals surface area contributed by atoms with Gasteiger partial charge in [0, 0.05) is 32.7 Å². The first-order valence-electron chi connectivity index (χ1n) is 7.08. The summed E-state index contributed by atoms with van der Waals surface area (Å²) in [6, 6.07) is 0.0534. The summed E-state index contributed by atoms with van der Waals surface area (Å²) in [7, 11) is 3.29. The van der Waals surface area contributed by atoms with E-state index in [1.807, 2.05) is 11.8 Å². The van der Waals surface area contributed by atoms with Gasteiger partial charge in [-0.2, -0.15) is 0 Å². The van der Waals surface area contributed by atoms with Gasteiger partial charge in [0.15, 0.2) is 0 Å². The lowest BCUT2D eigenvalue weighted by Crippen LogP contribution is -2.48. The van der Waals surface area contributed by atoms with Crippen molar-refractivity contribution in [1.29, 1.82) is 0 Å². The van der Waals surface area contributed by atoms with Crippen LogP contribution in [-0.2, 0) is 14.3 Å². The van der Waals surface area contributed by atoms with Crippen LogP contribution in [0.3, 0.4) is 0 Å². The standard InChI is InChI=1S/C14H28N2O3/c1-12(11-19-3)16(8-9-18-2)13(17)10-14(15)6-4-5-7-14/h12H,4-11,15H2,1-3H3. The van der Waals surface area contributed by atoms with Crippen molar-refractivity contribution in [3.05, 3.63) is 0 Å². The third kappa shape index (κ3) is 5.09. The van der Waals surface area contributed by atoms with E-state index >= 15 is 0 Å². The Kier molecular flexibility index (Phi) is 6.75. The van der Waals surface area contributed by atoms with E-state index in [-0.39, 0.29) is 17.5 Å². The Balaban J connectivity index is 2.59. The zero-order chi connectivity index (χ0) is 14.3. The molecule has 0 saturated heterocycles. The molecule has 0 aliphatic heterocycles. The van der Waals surface area contributed by atoms with Crippen LogP contribution in [0.4, 0.5) is 0 Å². The lowest BCUT2D eigenvalue weighted by atomic mass is 9.94. The summed E-state index contributed by atoms with van der Waals surface area (Å²) in [6.45, 7) is 3.66. The van der Waals surface area contributed by atoms with Gasteiger partial charge in [-0.3, -0.25) is 4.79 Å². The fourth-order valence-electron chi connectivity index (χ4n) is 2.77. The number of carbonyl (C=O) groups excluding carboxylic acids is 1. The lowest BCUT2D eigenvalue weighted by Gasteiger charge is -2.32. The zero-order valence-corrected chi connectivity index (χ0v) is 12.5. The Labute approximate surface area is 116 Å². The van der Waals surface area contributed by atoms with Crippen molar-refractivity contribution in [3.63, 3.8) is 0 Å². The molecule has 0 spiro atoms. The van der Waals surface area contributed by atoms with Crippen LogP contribution in [0.15, 0.2) is 0 Å². The molecule has 5 nitrogen and oxygen atoms in total. The molecule has 1 unspecified atom stereocenters. The van der Waals surface area contributed by atoms with Crippen LogP contribution >= 0.6 is 0 Å². The van der Waals surface area contributed by atoms with Crippen LogP contribution < -0.4 is 5.73 Å². The van der Waals surface area contributed by atoms with E-state index in [2.05, 4.69) is 0 Å². The highest BCUT2D eigenvalue weighted by molar-refractivity contribution is 5.77. The highest BCUT2D eigenvalue weighted by atomic mass is 16.5. The molecule has 1 atom stereocenters. The quantitative estimate of drug-likeness (QED) is 0.720. The lowest BCUT2D eigenvalue weighted by molar-refractivity contribution is -0.136. The minimum atomic E-state index is -0.296. The van der Waals surface area contributed by atoms with E-state index in [0.29, 0.717) is 26.2 Å². The number of hydrogen-bond acceptors (Lipinski definition) is 4. The first-order valence-corrected chi connectivity index (χ1v) is 7.08. The molecule has 2 N–H and O–H groups in total. The summed E-state index contributed by atoms with van der Waals surface area (Å²) in [5, 5.41) is 0. The van der Waals surface area contributed by atoms with Gasteiger partial charge >= 0.3 is 0 Å². The van der Waals surface area contributed by atoms with Crippen molar-refractivity contribution in [2.45, 2.75) is 50.6 Å². The first-order chi connectivity index (χ1) is 9.02. The predicted octanol–water partition coefficient (Wildman–Crippen LogP) is 1.16. The van der Waals surface area contributed by atoms with Gasteiger partial charge in [-0.25, -0.2) is 0 Å². The first kappa shape index (κ1) is 16.4. The highest BCUT2D eigenvalue weighted by Gasteiger charge is 2.34. The molecular formula is C14H28N2O3. The van der Waals surface area contributed by atoms with Crippen LogP contribution in [-0.4, -0.2) is 56.4 Å². The maximum Gasteiger partial charge on any atom is 0.224 e. The molecule has 1 amide bonds. The van der Waals surface area contributed by atoms with E-state index in [1.54, 1.807) is 14.2 Å². The molecule has 1 saturated carbocycles. The number of nitrogens with two attached hydrogens (primary N) is 1. The Morgan fingerprint density at radius 1 is 1.32 bits per heavy atom. The highest BCUT2D eigenvalue weighted by Crippen LogP contribution is 2.30.